The third-order valence-corrected chi connectivity index (χ3v) is 7.75. The van der Waals surface area contributed by atoms with E-state index < -0.39 is 17.7 Å². The van der Waals surface area contributed by atoms with Gasteiger partial charge in [0.15, 0.2) is 5.13 Å². The molecule has 1 amide bonds. The molecule has 36 heavy (non-hydrogen) atoms. The number of methoxy groups -OCH3 is 1. The molecule has 0 radical (unpaired) electrons. The number of amides is 1. The van der Waals surface area contributed by atoms with Crippen molar-refractivity contribution in [2.24, 2.45) is 0 Å². The zero-order valence-electron chi connectivity index (χ0n) is 19.7. The van der Waals surface area contributed by atoms with E-state index in [1.165, 1.54) is 23.3 Å². The molecule has 2 aromatic carbocycles. The van der Waals surface area contributed by atoms with E-state index in [1.54, 1.807) is 42.6 Å². The molecule has 0 aliphatic carbocycles. The summed E-state index contributed by atoms with van der Waals surface area (Å²) in [7, 11) is 1.54. The van der Waals surface area contributed by atoms with Crippen LogP contribution in [0.2, 0.25) is 0 Å². The van der Waals surface area contributed by atoms with Gasteiger partial charge in [-0.15, -0.1) is 0 Å². The number of thiazole rings is 1. The fraction of sp³-hybridized carbons (Fsp3) is 0.185. The van der Waals surface area contributed by atoms with Crippen LogP contribution in [0.25, 0.3) is 16.0 Å². The summed E-state index contributed by atoms with van der Waals surface area (Å²) in [4.78, 5) is 37.2. The Balaban J connectivity index is 1.69. The Morgan fingerprint density at radius 3 is 2.61 bits per heavy atom. The quantitative estimate of drug-likeness (QED) is 0.176. The van der Waals surface area contributed by atoms with E-state index in [0.717, 1.165) is 15.8 Å². The highest BCUT2D eigenvalue weighted by Gasteiger charge is 2.48. The normalized spacial score (nSPS) is 17.4. The molecule has 4 aromatic rings. The van der Waals surface area contributed by atoms with Gasteiger partial charge in [0.1, 0.15) is 17.6 Å². The fourth-order valence-corrected chi connectivity index (χ4v) is 5.79. The predicted molar refractivity (Wildman–Crippen MR) is 143 cm³/mol. The van der Waals surface area contributed by atoms with Crippen molar-refractivity contribution < 1.29 is 19.4 Å². The fourth-order valence-electron chi connectivity index (χ4n) is 4.21. The number of hydrogen-bond donors (Lipinski definition) is 1. The first-order chi connectivity index (χ1) is 17.3. The van der Waals surface area contributed by atoms with E-state index in [1.807, 2.05) is 12.1 Å². The molecule has 1 aliphatic rings. The van der Waals surface area contributed by atoms with Crippen molar-refractivity contribution in [1.82, 2.24) is 9.97 Å². The minimum atomic E-state index is -0.933. The largest absolute Gasteiger partial charge is 0.507 e. The number of ether oxygens (including phenoxy) is 1. The minimum absolute atomic E-state index is 0.0436. The summed E-state index contributed by atoms with van der Waals surface area (Å²) in [6, 6.07) is 15.3. The number of hydrogen-bond acceptors (Lipinski definition) is 7. The standard InChI is InChI=1S/C27H22BrN3O4S/c1-14(2)15-7-9-18-21(13-15)36-27(30-18)31-23(19-6-4-5-11-29-19)22(25(33)26(31)34)24(32)16-8-10-20(35-3)17(28)12-16/h4-14,23,32H,1-3H3/b24-22+. The van der Waals surface area contributed by atoms with Gasteiger partial charge in [0.2, 0.25) is 0 Å². The molecule has 0 saturated carbocycles. The molecule has 3 heterocycles. The van der Waals surface area contributed by atoms with E-state index in [2.05, 4.69) is 45.8 Å². The van der Waals surface area contributed by atoms with E-state index in [4.69, 9.17) is 4.74 Å². The first kappa shape index (κ1) is 24.1. The maximum absolute atomic E-state index is 13.4. The summed E-state index contributed by atoms with van der Waals surface area (Å²) < 4.78 is 6.79. The van der Waals surface area contributed by atoms with E-state index in [0.29, 0.717) is 32.5 Å². The number of nitrogens with zero attached hydrogens (tertiary/aromatic N) is 3. The number of halogens is 1. The van der Waals surface area contributed by atoms with Gasteiger partial charge in [-0.05, 0) is 69.9 Å². The first-order valence-corrected chi connectivity index (χ1v) is 12.9. The Morgan fingerprint density at radius 1 is 1.14 bits per heavy atom. The van der Waals surface area contributed by atoms with Crippen molar-refractivity contribution >= 4 is 60.1 Å². The number of aliphatic hydroxyl groups excluding tert-OH is 1. The molecule has 7 nitrogen and oxygen atoms in total. The van der Waals surface area contributed by atoms with Gasteiger partial charge in [-0.25, -0.2) is 4.98 Å². The molecule has 0 bridgehead atoms. The molecule has 1 fully saturated rings. The second-order valence-electron chi connectivity index (χ2n) is 8.65. The lowest BCUT2D eigenvalue weighted by atomic mass is 9.98. The molecule has 182 valence electrons. The van der Waals surface area contributed by atoms with Gasteiger partial charge in [0, 0.05) is 11.8 Å². The second kappa shape index (κ2) is 9.48. The van der Waals surface area contributed by atoms with Crippen LogP contribution in [0.15, 0.2) is 70.8 Å². The molecule has 9 heteroatoms. The Morgan fingerprint density at radius 2 is 1.94 bits per heavy atom. The number of benzene rings is 2. The van der Waals surface area contributed by atoms with Crippen LogP contribution in [0, 0.1) is 0 Å². The monoisotopic (exact) mass is 563 g/mol. The van der Waals surface area contributed by atoms with Crippen LogP contribution in [0.4, 0.5) is 5.13 Å². The molecule has 1 saturated heterocycles. The van der Waals surface area contributed by atoms with E-state index in [9.17, 15) is 14.7 Å². The summed E-state index contributed by atoms with van der Waals surface area (Å²) in [5.41, 5.74) is 2.67. The average molecular weight is 564 g/mol. The van der Waals surface area contributed by atoms with Crippen LogP contribution < -0.4 is 9.64 Å². The number of aliphatic hydroxyl groups is 1. The maximum atomic E-state index is 13.4. The molecule has 1 unspecified atom stereocenters. The van der Waals surface area contributed by atoms with Crippen molar-refractivity contribution in [2.75, 3.05) is 12.0 Å². The van der Waals surface area contributed by atoms with Crippen molar-refractivity contribution in [3.63, 3.8) is 0 Å². The number of rotatable bonds is 5. The molecular formula is C27H22BrN3O4S. The lowest BCUT2D eigenvalue weighted by Crippen LogP contribution is -2.29. The van der Waals surface area contributed by atoms with E-state index >= 15 is 0 Å². The summed E-state index contributed by atoms with van der Waals surface area (Å²) in [5, 5.41) is 11.7. The molecule has 2 aromatic heterocycles. The number of Topliss-reactive ketones (excluding diaryl/α,β-unsaturated/α-hetero) is 1. The van der Waals surface area contributed by atoms with Crippen molar-refractivity contribution in [1.29, 1.82) is 0 Å². The van der Waals surface area contributed by atoms with Gasteiger partial charge in [0.05, 0.1) is 33.1 Å². The topological polar surface area (TPSA) is 92.6 Å². The highest BCUT2D eigenvalue weighted by Crippen LogP contribution is 2.44. The number of aromatic nitrogens is 2. The van der Waals surface area contributed by atoms with Gasteiger partial charge in [-0.1, -0.05) is 37.3 Å². The number of pyridine rings is 1. The first-order valence-electron chi connectivity index (χ1n) is 11.3. The number of carbonyl (C=O) groups is 2. The van der Waals surface area contributed by atoms with Gasteiger partial charge < -0.3 is 9.84 Å². The Kier molecular flexibility index (Phi) is 6.36. The van der Waals surface area contributed by atoms with Crippen molar-refractivity contribution in [3.8, 4) is 5.75 Å². The zero-order valence-corrected chi connectivity index (χ0v) is 22.1. The van der Waals surface area contributed by atoms with E-state index in [-0.39, 0.29) is 11.3 Å². The van der Waals surface area contributed by atoms with Crippen LogP contribution in [0.1, 0.15) is 42.6 Å². The third kappa shape index (κ3) is 4.08. The summed E-state index contributed by atoms with van der Waals surface area (Å²) in [5.74, 6) is -0.937. The SMILES string of the molecule is COc1ccc(/C(O)=C2\C(=O)C(=O)N(c3nc4ccc(C(C)C)cc4s3)C2c2ccccn2)cc1Br. The number of fused-ring (bicyclic) bond motifs is 1. The van der Waals surface area contributed by atoms with Crippen LogP contribution in [0.3, 0.4) is 0 Å². The number of anilines is 1. The number of ketones is 1. The second-order valence-corrected chi connectivity index (χ2v) is 10.5. The Hall–Kier alpha value is -3.56. The minimum Gasteiger partial charge on any atom is -0.507 e. The van der Waals surface area contributed by atoms with Crippen LogP contribution >= 0.6 is 27.3 Å². The van der Waals surface area contributed by atoms with Crippen LogP contribution in [-0.4, -0.2) is 33.9 Å². The number of carbonyl (C=O) groups excluding carboxylic acids is 2. The molecular weight excluding hydrogens is 542 g/mol. The molecule has 0 spiro atoms. The van der Waals surface area contributed by atoms with Crippen LogP contribution in [0.5, 0.6) is 5.75 Å². The molecule has 1 aliphatic heterocycles. The van der Waals surface area contributed by atoms with Gasteiger partial charge >= 0.3 is 5.91 Å². The summed E-state index contributed by atoms with van der Waals surface area (Å²) >= 11 is 4.75. The van der Waals surface area contributed by atoms with Crippen molar-refractivity contribution in [3.05, 3.63) is 87.7 Å². The Bertz CT molecular complexity index is 1530. The van der Waals surface area contributed by atoms with Crippen molar-refractivity contribution in [2.45, 2.75) is 25.8 Å². The summed E-state index contributed by atoms with van der Waals surface area (Å²) in [6.07, 6.45) is 1.59. The van der Waals surface area contributed by atoms with Gasteiger partial charge in [-0.2, -0.15) is 0 Å². The maximum Gasteiger partial charge on any atom is 0.301 e. The molecule has 5 rings (SSSR count). The van der Waals surface area contributed by atoms with Gasteiger partial charge in [-0.3, -0.25) is 19.5 Å². The third-order valence-electron chi connectivity index (χ3n) is 6.11. The molecule has 1 N–H and O–H groups in total. The highest BCUT2D eigenvalue weighted by atomic mass is 79.9. The lowest BCUT2D eigenvalue weighted by molar-refractivity contribution is -0.132. The van der Waals surface area contributed by atoms with Crippen LogP contribution in [-0.2, 0) is 9.59 Å². The van der Waals surface area contributed by atoms with Gasteiger partial charge in [0.25, 0.3) is 5.78 Å². The predicted octanol–water partition coefficient (Wildman–Crippen LogP) is 6.21. The smallest absolute Gasteiger partial charge is 0.301 e. The lowest BCUT2D eigenvalue weighted by Gasteiger charge is -2.22. The highest BCUT2D eigenvalue weighted by molar-refractivity contribution is 9.10. The molecule has 1 atom stereocenters. The Labute approximate surface area is 220 Å². The summed E-state index contributed by atoms with van der Waals surface area (Å²) in [6.45, 7) is 4.22. The zero-order chi connectivity index (χ0) is 25.6. The average Bonchev–Trinajstić information content (AvgIpc) is 3.41.